The zero-order valence-corrected chi connectivity index (χ0v) is 15.3. The van der Waals surface area contributed by atoms with Gasteiger partial charge in [0.1, 0.15) is 12.7 Å². The zero-order chi connectivity index (χ0) is 19.1. The zero-order valence-electron chi connectivity index (χ0n) is 15.3. The van der Waals surface area contributed by atoms with Gasteiger partial charge in [0.25, 0.3) is 0 Å². The van der Waals surface area contributed by atoms with Crippen molar-refractivity contribution in [2.24, 2.45) is 0 Å². The third kappa shape index (κ3) is 4.82. The summed E-state index contributed by atoms with van der Waals surface area (Å²) in [6.45, 7) is 6.75. The maximum atomic E-state index is 12.7. The van der Waals surface area contributed by atoms with Crippen molar-refractivity contribution < 1.29 is 4.79 Å². The lowest BCUT2D eigenvalue weighted by Gasteiger charge is -2.24. The van der Waals surface area contributed by atoms with Crippen LogP contribution in [-0.4, -0.2) is 32.2 Å². The molecule has 2 amide bonds. The van der Waals surface area contributed by atoms with E-state index < -0.39 is 0 Å². The van der Waals surface area contributed by atoms with E-state index in [0.29, 0.717) is 13.1 Å². The van der Waals surface area contributed by atoms with Crippen molar-refractivity contribution in [3.63, 3.8) is 0 Å². The molecule has 1 atom stereocenters. The molecule has 6 nitrogen and oxygen atoms in total. The second-order valence-corrected chi connectivity index (χ2v) is 6.26. The highest BCUT2D eigenvalue weighted by Crippen LogP contribution is 2.16. The molecule has 0 fully saturated rings. The Morgan fingerprint density at radius 3 is 2.59 bits per heavy atom. The van der Waals surface area contributed by atoms with Crippen LogP contribution in [0.3, 0.4) is 0 Å². The molecule has 6 heteroatoms. The minimum Gasteiger partial charge on any atom is -0.331 e. The third-order valence-electron chi connectivity index (χ3n) is 4.27. The smallest absolute Gasteiger partial charge is 0.318 e. The number of nitrogens with one attached hydrogen (secondary N) is 1. The molecule has 1 aromatic heterocycles. The number of urea groups is 1. The number of nitrogens with zero attached hydrogens (tertiary/aromatic N) is 4. The van der Waals surface area contributed by atoms with Gasteiger partial charge < -0.3 is 10.2 Å². The van der Waals surface area contributed by atoms with Gasteiger partial charge in [0.15, 0.2) is 0 Å². The van der Waals surface area contributed by atoms with Gasteiger partial charge in [-0.2, -0.15) is 5.10 Å². The van der Waals surface area contributed by atoms with Gasteiger partial charge in [0.05, 0.1) is 11.7 Å². The monoisotopic (exact) mass is 361 g/mol. The van der Waals surface area contributed by atoms with Gasteiger partial charge in [0.2, 0.25) is 0 Å². The summed E-state index contributed by atoms with van der Waals surface area (Å²) >= 11 is 0. The molecule has 0 aliphatic heterocycles. The number of rotatable bonds is 7. The Hall–Kier alpha value is -3.41. The Kier molecular flexibility index (Phi) is 5.99. The van der Waals surface area contributed by atoms with Crippen molar-refractivity contribution in [1.29, 1.82) is 0 Å². The fraction of sp³-hybridized carbons (Fsp3) is 0.190. The maximum absolute atomic E-state index is 12.7. The first-order chi connectivity index (χ1) is 13.2. The van der Waals surface area contributed by atoms with Crippen molar-refractivity contribution in [3.05, 3.63) is 91.0 Å². The van der Waals surface area contributed by atoms with Gasteiger partial charge in [-0.05, 0) is 30.2 Å². The lowest BCUT2D eigenvalue weighted by Crippen LogP contribution is -2.40. The number of amides is 2. The molecule has 0 saturated carbocycles. The van der Waals surface area contributed by atoms with Crippen molar-refractivity contribution in [1.82, 2.24) is 25.0 Å². The van der Waals surface area contributed by atoms with E-state index in [0.717, 1.165) is 16.8 Å². The summed E-state index contributed by atoms with van der Waals surface area (Å²) in [6.07, 6.45) is 4.88. The average Bonchev–Trinajstić information content (AvgIpc) is 3.23. The molecule has 0 radical (unpaired) electrons. The van der Waals surface area contributed by atoms with E-state index in [9.17, 15) is 4.79 Å². The van der Waals surface area contributed by atoms with E-state index in [1.165, 1.54) is 6.33 Å². The standard InChI is InChI=1S/C21H23N5O/c1-3-13-25(14-18-7-5-4-6-8-18)21(27)24-17(2)19-9-11-20(12-10-19)26-16-22-15-23-26/h3-12,15-17H,1,13-14H2,2H3,(H,24,27). The minimum atomic E-state index is -0.120. The normalized spacial score (nSPS) is 11.6. The highest BCUT2D eigenvalue weighted by atomic mass is 16.2. The Morgan fingerprint density at radius 2 is 1.96 bits per heavy atom. The lowest BCUT2D eigenvalue weighted by molar-refractivity contribution is 0.197. The first kappa shape index (κ1) is 18.4. The first-order valence-electron chi connectivity index (χ1n) is 8.82. The molecule has 27 heavy (non-hydrogen) atoms. The van der Waals surface area contributed by atoms with E-state index in [1.807, 2.05) is 61.5 Å². The van der Waals surface area contributed by atoms with Crippen LogP contribution in [0, 0.1) is 0 Å². The van der Waals surface area contributed by atoms with Crippen LogP contribution in [0.1, 0.15) is 24.1 Å². The first-order valence-corrected chi connectivity index (χ1v) is 8.82. The Balaban J connectivity index is 1.65. The summed E-state index contributed by atoms with van der Waals surface area (Å²) in [5.41, 5.74) is 3.02. The van der Waals surface area contributed by atoms with Crippen LogP contribution in [0.5, 0.6) is 0 Å². The van der Waals surface area contributed by atoms with Crippen LogP contribution in [0.15, 0.2) is 79.9 Å². The average molecular weight is 361 g/mol. The van der Waals surface area contributed by atoms with Gasteiger partial charge >= 0.3 is 6.03 Å². The summed E-state index contributed by atoms with van der Waals surface area (Å²) < 4.78 is 1.69. The van der Waals surface area contributed by atoms with Crippen molar-refractivity contribution in [3.8, 4) is 5.69 Å². The molecule has 0 aliphatic carbocycles. The van der Waals surface area contributed by atoms with Crippen LogP contribution in [0.4, 0.5) is 4.79 Å². The molecule has 138 valence electrons. The van der Waals surface area contributed by atoms with Crippen LogP contribution in [0.25, 0.3) is 5.69 Å². The third-order valence-corrected chi connectivity index (χ3v) is 4.27. The molecule has 3 aromatic rings. The number of benzene rings is 2. The second-order valence-electron chi connectivity index (χ2n) is 6.26. The molecular weight excluding hydrogens is 338 g/mol. The van der Waals surface area contributed by atoms with Crippen LogP contribution < -0.4 is 5.32 Å². The van der Waals surface area contributed by atoms with Gasteiger partial charge in [-0.3, -0.25) is 0 Å². The molecule has 0 saturated heterocycles. The Labute approximate surface area is 159 Å². The number of hydrogen-bond donors (Lipinski definition) is 1. The molecule has 2 aromatic carbocycles. The quantitative estimate of drug-likeness (QED) is 0.652. The topological polar surface area (TPSA) is 63.1 Å². The second kappa shape index (κ2) is 8.80. The number of aromatic nitrogens is 3. The Bertz CT molecular complexity index is 859. The van der Waals surface area contributed by atoms with Crippen LogP contribution >= 0.6 is 0 Å². The van der Waals surface area contributed by atoms with Gasteiger partial charge in [-0.15, -0.1) is 6.58 Å². The number of carbonyl (C=O) groups is 1. The molecule has 0 spiro atoms. The van der Waals surface area contributed by atoms with E-state index in [-0.39, 0.29) is 12.1 Å². The highest BCUT2D eigenvalue weighted by molar-refractivity contribution is 5.75. The molecular formula is C21H23N5O. The summed E-state index contributed by atoms with van der Waals surface area (Å²) in [6, 6.07) is 17.6. The van der Waals surface area contributed by atoms with Crippen LogP contribution in [0.2, 0.25) is 0 Å². The minimum absolute atomic E-state index is 0.119. The lowest BCUT2D eigenvalue weighted by atomic mass is 10.1. The highest BCUT2D eigenvalue weighted by Gasteiger charge is 2.16. The Morgan fingerprint density at radius 1 is 1.22 bits per heavy atom. The SMILES string of the molecule is C=CCN(Cc1ccccc1)C(=O)NC(C)c1ccc(-n2cncn2)cc1. The fourth-order valence-electron chi connectivity index (χ4n) is 2.80. The summed E-state index contributed by atoms with van der Waals surface area (Å²) in [4.78, 5) is 18.4. The largest absolute Gasteiger partial charge is 0.331 e. The van der Waals surface area contributed by atoms with Gasteiger partial charge in [-0.25, -0.2) is 14.5 Å². The van der Waals surface area contributed by atoms with E-state index in [1.54, 1.807) is 22.0 Å². The molecule has 1 heterocycles. The van der Waals surface area contributed by atoms with Gasteiger partial charge in [0, 0.05) is 13.1 Å². The van der Waals surface area contributed by atoms with E-state index >= 15 is 0 Å². The number of hydrogen-bond acceptors (Lipinski definition) is 3. The molecule has 3 rings (SSSR count). The number of carbonyl (C=O) groups excluding carboxylic acids is 1. The maximum Gasteiger partial charge on any atom is 0.318 e. The van der Waals surface area contributed by atoms with Crippen molar-refractivity contribution in [2.75, 3.05) is 6.54 Å². The van der Waals surface area contributed by atoms with Gasteiger partial charge in [-0.1, -0.05) is 48.5 Å². The summed E-state index contributed by atoms with van der Waals surface area (Å²) in [7, 11) is 0. The molecule has 0 bridgehead atoms. The summed E-state index contributed by atoms with van der Waals surface area (Å²) in [5, 5.41) is 7.17. The van der Waals surface area contributed by atoms with Crippen LogP contribution in [-0.2, 0) is 6.54 Å². The molecule has 0 aliphatic rings. The predicted molar refractivity (Wildman–Crippen MR) is 105 cm³/mol. The molecule has 1 unspecified atom stereocenters. The van der Waals surface area contributed by atoms with E-state index in [4.69, 9.17) is 0 Å². The fourth-order valence-corrected chi connectivity index (χ4v) is 2.80. The predicted octanol–water partition coefficient (Wildman–Crippen LogP) is 3.73. The summed E-state index contributed by atoms with van der Waals surface area (Å²) in [5.74, 6) is 0. The molecule has 1 N–H and O–H groups in total. The van der Waals surface area contributed by atoms with Crippen molar-refractivity contribution in [2.45, 2.75) is 19.5 Å². The van der Waals surface area contributed by atoms with E-state index in [2.05, 4.69) is 22.0 Å². The van der Waals surface area contributed by atoms with Crippen molar-refractivity contribution >= 4 is 6.03 Å².